The zero-order valence-electron chi connectivity index (χ0n) is 4.11. The molecule has 2 heteroatoms. The average Bonchev–Trinajstić information content (AvgIpc) is 2.14. The number of rotatable bonds is 0. The van der Waals surface area contributed by atoms with Gasteiger partial charge in [-0.3, -0.25) is 0 Å². The molecule has 0 spiro atoms. The van der Waals surface area contributed by atoms with Crippen LogP contribution in [0.1, 0.15) is 5.69 Å². The maximum atomic E-state index is 12.0. The maximum Gasteiger partial charge on any atom is 0.141 e. The second-order valence-corrected chi connectivity index (χ2v) is 1.38. The first-order valence-corrected chi connectivity index (χ1v) is 2.13. The fraction of sp³-hybridized carbons (Fsp3) is 0. The minimum Gasteiger partial charge on any atom is -0.352 e. The van der Waals surface area contributed by atoms with Crippen molar-refractivity contribution >= 4 is 0 Å². The molecule has 0 aliphatic heterocycles. The van der Waals surface area contributed by atoms with Gasteiger partial charge >= 0.3 is 0 Å². The van der Waals surface area contributed by atoms with Gasteiger partial charge in [-0.05, 0) is 0 Å². The van der Waals surface area contributed by atoms with Crippen LogP contribution in [0.15, 0.2) is 12.3 Å². The molecule has 0 aliphatic rings. The normalized spacial score (nSPS) is 8.50. The molecule has 0 amide bonds. The van der Waals surface area contributed by atoms with Crippen LogP contribution >= 0.6 is 0 Å². The zero-order chi connectivity index (χ0) is 5.98. The second kappa shape index (κ2) is 1.71. The molecule has 0 fully saturated rings. The maximum absolute atomic E-state index is 12.0. The Morgan fingerprint density at radius 1 is 1.75 bits per heavy atom. The Bertz CT molecular complexity index is 219. The monoisotopic (exact) mass is 109 g/mol. The van der Waals surface area contributed by atoms with Crippen LogP contribution in [0.4, 0.5) is 4.39 Å². The van der Waals surface area contributed by atoms with Crippen LogP contribution in [0, 0.1) is 18.2 Å². The number of terminal acetylenes is 1. The first kappa shape index (κ1) is 4.92. The van der Waals surface area contributed by atoms with Crippen LogP contribution in [-0.4, -0.2) is 4.98 Å². The van der Waals surface area contributed by atoms with Gasteiger partial charge in [-0.2, -0.15) is 0 Å². The minimum absolute atomic E-state index is 0.321. The molecule has 1 aromatic rings. The molecule has 0 atom stereocenters. The molecule has 1 N–H and O–H groups in total. The molecule has 0 aromatic carbocycles. The predicted octanol–water partition coefficient (Wildman–Crippen LogP) is 1.14. The van der Waals surface area contributed by atoms with Crippen LogP contribution in [0.25, 0.3) is 0 Å². The van der Waals surface area contributed by atoms with E-state index in [-0.39, 0.29) is 5.82 Å². The molecule has 1 aromatic heterocycles. The quantitative estimate of drug-likeness (QED) is 0.481. The van der Waals surface area contributed by atoms with Gasteiger partial charge in [0.1, 0.15) is 5.82 Å². The fourth-order valence-corrected chi connectivity index (χ4v) is 0.451. The van der Waals surface area contributed by atoms with Crippen LogP contribution in [0.3, 0.4) is 0 Å². The van der Waals surface area contributed by atoms with Crippen LogP contribution in [-0.2, 0) is 0 Å². The highest BCUT2D eigenvalue weighted by molar-refractivity contribution is 5.24. The summed E-state index contributed by atoms with van der Waals surface area (Å²) in [4.78, 5) is 2.54. The summed E-state index contributed by atoms with van der Waals surface area (Å²) in [7, 11) is 0. The first-order chi connectivity index (χ1) is 3.83. The Kier molecular flexibility index (Phi) is 1.05. The van der Waals surface area contributed by atoms with E-state index in [1.807, 2.05) is 0 Å². The van der Waals surface area contributed by atoms with E-state index in [9.17, 15) is 4.39 Å². The summed E-state index contributed by atoms with van der Waals surface area (Å²) >= 11 is 0. The third-order valence-corrected chi connectivity index (χ3v) is 0.803. The average molecular weight is 109 g/mol. The van der Waals surface area contributed by atoms with Gasteiger partial charge < -0.3 is 4.98 Å². The summed E-state index contributed by atoms with van der Waals surface area (Å²) in [6.45, 7) is 0. The van der Waals surface area contributed by atoms with Crippen molar-refractivity contribution < 1.29 is 4.39 Å². The molecule has 40 valence electrons. The first-order valence-electron chi connectivity index (χ1n) is 2.13. The van der Waals surface area contributed by atoms with Gasteiger partial charge in [0.15, 0.2) is 0 Å². The number of nitrogens with one attached hydrogen (secondary N) is 1. The van der Waals surface area contributed by atoms with E-state index in [1.165, 1.54) is 12.3 Å². The highest BCUT2D eigenvalue weighted by Crippen LogP contribution is 1.97. The van der Waals surface area contributed by atoms with Crippen molar-refractivity contribution in [3.8, 4) is 12.3 Å². The second-order valence-electron chi connectivity index (χ2n) is 1.38. The number of aromatic nitrogens is 1. The summed E-state index contributed by atoms with van der Waals surface area (Å²) in [5, 5.41) is 0. The van der Waals surface area contributed by atoms with E-state index in [2.05, 4.69) is 10.9 Å². The van der Waals surface area contributed by atoms with Crippen LogP contribution in [0.5, 0.6) is 0 Å². The molecule has 0 unspecified atom stereocenters. The summed E-state index contributed by atoms with van der Waals surface area (Å²) in [5.41, 5.74) is 0.475. The van der Waals surface area contributed by atoms with Gasteiger partial charge in [0.2, 0.25) is 0 Å². The van der Waals surface area contributed by atoms with E-state index in [1.54, 1.807) is 0 Å². The molecule has 0 bridgehead atoms. The summed E-state index contributed by atoms with van der Waals surface area (Å²) < 4.78 is 12.0. The number of hydrogen-bond acceptors (Lipinski definition) is 0. The standard InChI is InChI=1S/C6H4FN/c1-2-6-3-5(7)4-8-6/h1,3-4,8H. The van der Waals surface area contributed by atoms with Gasteiger partial charge in [-0.25, -0.2) is 4.39 Å². The van der Waals surface area contributed by atoms with Crippen molar-refractivity contribution in [2.75, 3.05) is 0 Å². The summed E-state index contributed by atoms with van der Waals surface area (Å²) in [6, 6.07) is 1.26. The van der Waals surface area contributed by atoms with Crippen molar-refractivity contribution in [3.63, 3.8) is 0 Å². The fourth-order valence-electron chi connectivity index (χ4n) is 0.451. The minimum atomic E-state index is -0.321. The molecular formula is C6H4FN. The van der Waals surface area contributed by atoms with Crippen LogP contribution < -0.4 is 0 Å². The summed E-state index contributed by atoms with van der Waals surface area (Å²) in [6.07, 6.45) is 6.13. The van der Waals surface area contributed by atoms with E-state index in [0.717, 1.165) is 0 Å². The molecule has 0 saturated heterocycles. The zero-order valence-corrected chi connectivity index (χ0v) is 4.11. The van der Waals surface area contributed by atoms with E-state index >= 15 is 0 Å². The molecule has 1 heterocycles. The predicted molar refractivity (Wildman–Crippen MR) is 28.7 cm³/mol. The van der Waals surface area contributed by atoms with E-state index in [0.29, 0.717) is 5.69 Å². The lowest BCUT2D eigenvalue weighted by Gasteiger charge is -1.70. The molecule has 0 aliphatic carbocycles. The lowest BCUT2D eigenvalue weighted by molar-refractivity contribution is 0.629. The van der Waals surface area contributed by atoms with Crippen molar-refractivity contribution in [1.29, 1.82) is 0 Å². The Labute approximate surface area is 46.5 Å². The highest BCUT2D eigenvalue weighted by atomic mass is 19.1. The van der Waals surface area contributed by atoms with Gasteiger partial charge in [-0.15, -0.1) is 6.42 Å². The Balaban J connectivity index is 3.05. The van der Waals surface area contributed by atoms with Gasteiger partial charge in [-0.1, -0.05) is 5.92 Å². The van der Waals surface area contributed by atoms with Crippen molar-refractivity contribution in [2.45, 2.75) is 0 Å². The molecule has 0 saturated carbocycles. The lowest BCUT2D eigenvalue weighted by atomic mass is 10.4. The smallest absolute Gasteiger partial charge is 0.141 e. The third kappa shape index (κ3) is 0.710. The number of H-pyrrole nitrogens is 1. The molecular weight excluding hydrogens is 105 g/mol. The van der Waals surface area contributed by atoms with E-state index in [4.69, 9.17) is 6.42 Å². The Morgan fingerprint density at radius 2 is 2.50 bits per heavy atom. The van der Waals surface area contributed by atoms with Gasteiger partial charge in [0.25, 0.3) is 0 Å². The topological polar surface area (TPSA) is 15.8 Å². The molecule has 1 rings (SSSR count). The summed E-state index contributed by atoms with van der Waals surface area (Å²) in [5.74, 6) is 1.93. The van der Waals surface area contributed by atoms with Crippen LogP contribution in [0.2, 0.25) is 0 Å². The van der Waals surface area contributed by atoms with Gasteiger partial charge in [0.05, 0.1) is 5.69 Å². The highest BCUT2D eigenvalue weighted by Gasteiger charge is 1.90. The van der Waals surface area contributed by atoms with Crippen molar-refractivity contribution in [1.82, 2.24) is 4.98 Å². The van der Waals surface area contributed by atoms with E-state index < -0.39 is 0 Å². The van der Waals surface area contributed by atoms with Gasteiger partial charge in [0, 0.05) is 12.3 Å². The SMILES string of the molecule is C#Cc1cc(F)c[nH]1. The van der Waals surface area contributed by atoms with Crippen molar-refractivity contribution in [2.24, 2.45) is 0 Å². The molecule has 0 radical (unpaired) electrons. The lowest BCUT2D eigenvalue weighted by Crippen LogP contribution is -1.64. The largest absolute Gasteiger partial charge is 0.352 e. The number of hydrogen-bond donors (Lipinski definition) is 1. The van der Waals surface area contributed by atoms with Crippen molar-refractivity contribution in [3.05, 3.63) is 23.8 Å². The molecule has 8 heavy (non-hydrogen) atoms. The number of aromatic amines is 1. The number of halogens is 1. The molecule has 1 nitrogen and oxygen atoms in total. The third-order valence-electron chi connectivity index (χ3n) is 0.803. The Morgan fingerprint density at radius 3 is 2.75 bits per heavy atom. The Hall–Kier alpha value is -1.23.